The number of nitrogens with one attached hydrogen (secondary N) is 1. The van der Waals surface area contributed by atoms with Crippen LogP contribution in [-0.4, -0.2) is 29.5 Å². The zero-order valence-corrected chi connectivity index (χ0v) is 11.7. The molecule has 0 aliphatic rings. The lowest BCUT2D eigenvalue weighted by Crippen LogP contribution is -2.21. The predicted molar refractivity (Wildman–Crippen MR) is 70.4 cm³/mol. The van der Waals surface area contributed by atoms with Gasteiger partial charge in [0.25, 0.3) is 0 Å². The Hall–Kier alpha value is -0.580. The largest absolute Gasteiger partial charge is 0.380 e. The summed E-state index contributed by atoms with van der Waals surface area (Å²) >= 11 is 6.14. The molecule has 0 aromatic carbocycles. The van der Waals surface area contributed by atoms with Crippen molar-refractivity contribution >= 4 is 11.6 Å². The van der Waals surface area contributed by atoms with Crippen LogP contribution < -0.4 is 5.32 Å². The molecular formula is C12H22ClN3O. The number of hydrogen-bond acceptors (Lipinski definition) is 3. The Balaban J connectivity index is 2.18. The Kier molecular flexibility index (Phi) is 6.55. The first-order valence-corrected chi connectivity index (χ1v) is 6.51. The van der Waals surface area contributed by atoms with Gasteiger partial charge in [-0.1, -0.05) is 24.9 Å². The topological polar surface area (TPSA) is 39.1 Å². The zero-order chi connectivity index (χ0) is 12.7. The summed E-state index contributed by atoms with van der Waals surface area (Å²) in [6.45, 7) is 7.24. The molecule has 1 heterocycles. The summed E-state index contributed by atoms with van der Waals surface area (Å²) < 4.78 is 7.28. The SMILES string of the molecule is CCCCOCCNCc1c(Cl)c(C)nn1C. The third kappa shape index (κ3) is 4.66. The second kappa shape index (κ2) is 7.69. The van der Waals surface area contributed by atoms with Gasteiger partial charge in [-0.15, -0.1) is 0 Å². The van der Waals surface area contributed by atoms with Gasteiger partial charge >= 0.3 is 0 Å². The van der Waals surface area contributed by atoms with Crippen LogP contribution in [0.3, 0.4) is 0 Å². The molecule has 1 rings (SSSR count). The standard InChI is InChI=1S/C12H22ClN3O/c1-4-5-7-17-8-6-14-9-11-12(13)10(2)15-16(11)3/h14H,4-9H2,1-3H3. The van der Waals surface area contributed by atoms with Crippen molar-refractivity contribution in [3.63, 3.8) is 0 Å². The maximum Gasteiger partial charge on any atom is 0.0860 e. The zero-order valence-electron chi connectivity index (χ0n) is 10.9. The van der Waals surface area contributed by atoms with E-state index in [9.17, 15) is 0 Å². The van der Waals surface area contributed by atoms with E-state index in [0.717, 1.165) is 49.1 Å². The van der Waals surface area contributed by atoms with Crippen LogP contribution in [0.1, 0.15) is 31.2 Å². The monoisotopic (exact) mass is 259 g/mol. The van der Waals surface area contributed by atoms with Crippen LogP contribution in [-0.2, 0) is 18.3 Å². The molecular weight excluding hydrogens is 238 g/mol. The van der Waals surface area contributed by atoms with Crippen molar-refractivity contribution in [2.75, 3.05) is 19.8 Å². The molecule has 0 spiro atoms. The first-order chi connectivity index (χ1) is 8.16. The van der Waals surface area contributed by atoms with Crippen molar-refractivity contribution < 1.29 is 4.74 Å². The summed E-state index contributed by atoms with van der Waals surface area (Å²) in [7, 11) is 1.91. The van der Waals surface area contributed by atoms with Crippen molar-refractivity contribution in [1.29, 1.82) is 0 Å². The van der Waals surface area contributed by atoms with E-state index in [2.05, 4.69) is 17.3 Å². The van der Waals surface area contributed by atoms with Gasteiger partial charge in [0.2, 0.25) is 0 Å². The van der Waals surface area contributed by atoms with Gasteiger partial charge in [0.1, 0.15) is 0 Å². The van der Waals surface area contributed by atoms with E-state index < -0.39 is 0 Å². The molecule has 1 aromatic heterocycles. The summed E-state index contributed by atoms with van der Waals surface area (Å²) in [5.74, 6) is 0. The van der Waals surface area contributed by atoms with Crippen LogP contribution in [0.25, 0.3) is 0 Å². The molecule has 0 aliphatic carbocycles. The highest BCUT2D eigenvalue weighted by Crippen LogP contribution is 2.18. The van der Waals surface area contributed by atoms with E-state index >= 15 is 0 Å². The molecule has 0 radical (unpaired) electrons. The van der Waals surface area contributed by atoms with Crippen molar-refractivity contribution in [3.8, 4) is 0 Å². The fourth-order valence-electron chi connectivity index (χ4n) is 1.57. The van der Waals surface area contributed by atoms with Crippen molar-refractivity contribution in [2.24, 2.45) is 7.05 Å². The van der Waals surface area contributed by atoms with Gasteiger partial charge in [-0.25, -0.2) is 0 Å². The summed E-state index contributed by atoms with van der Waals surface area (Å²) in [5, 5.41) is 8.32. The lowest BCUT2D eigenvalue weighted by Gasteiger charge is -2.06. The second-order valence-electron chi connectivity index (χ2n) is 4.11. The number of rotatable bonds is 8. The van der Waals surface area contributed by atoms with E-state index in [1.165, 1.54) is 6.42 Å². The van der Waals surface area contributed by atoms with Crippen LogP contribution in [0.2, 0.25) is 5.02 Å². The third-order valence-electron chi connectivity index (χ3n) is 2.62. The number of nitrogens with zero attached hydrogens (tertiary/aromatic N) is 2. The quantitative estimate of drug-likeness (QED) is 0.728. The maximum atomic E-state index is 6.14. The number of aryl methyl sites for hydroxylation is 2. The molecule has 1 N–H and O–H groups in total. The summed E-state index contributed by atoms with van der Waals surface area (Å²) in [6, 6.07) is 0. The molecule has 17 heavy (non-hydrogen) atoms. The molecule has 98 valence electrons. The fourth-order valence-corrected chi connectivity index (χ4v) is 1.80. The Morgan fingerprint density at radius 3 is 2.76 bits per heavy atom. The number of unbranched alkanes of at least 4 members (excludes halogenated alkanes) is 1. The van der Waals surface area contributed by atoms with E-state index in [-0.39, 0.29) is 0 Å². The van der Waals surface area contributed by atoms with Crippen molar-refractivity contribution in [3.05, 3.63) is 16.4 Å². The van der Waals surface area contributed by atoms with E-state index in [1.54, 1.807) is 0 Å². The number of ether oxygens (including phenoxy) is 1. The highest BCUT2D eigenvalue weighted by molar-refractivity contribution is 6.31. The van der Waals surface area contributed by atoms with Gasteiger partial charge in [-0.05, 0) is 13.3 Å². The average Bonchev–Trinajstić information content (AvgIpc) is 2.54. The second-order valence-corrected chi connectivity index (χ2v) is 4.49. The predicted octanol–water partition coefficient (Wildman–Crippen LogP) is 2.29. The Bertz CT molecular complexity index is 339. The molecule has 0 saturated carbocycles. The first kappa shape index (κ1) is 14.5. The van der Waals surface area contributed by atoms with Gasteiger partial charge in [0.15, 0.2) is 0 Å². The van der Waals surface area contributed by atoms with E-state index in [0.29, 0.717) is 0 Å². The lowest BCUT2D eigenvalue weighted by atomic mass is 10.3. The minimum Gasteiger partial charge on any atom is -0.380 e. The highest BCUT2D eigenvalue weighted by Gasteiger charge is 2.09. The summed E-state index contributed by atoms with van der Waals surface area (Å²) in [6.07, 6.45) is 2.31. The molecule has 4 nitrogen and oxygen atoms in total. The van der Waals surface area contributed by atoms with Gasteiger partial charge in [-0.3, -0.25) is 4.68 Å². The summed E-state index contributed by atoms with van der Waals surface area (Å²) in [4.78, 5) is 0. The molecule has 0 fully saturated rings. The average molecular weight is 260 g/mol. The highest BCUT2D eigenvalue weighted by atomic mass is 35.5. The minimum absolute atomic E-state index is 0.729. The van der Waals surface area contributed by atoms with Crippen molar-refractivity contribution in [1.82, 2.24) is 15.1 Å². The van der Waals surface area contributed by atoms with Crippen LogP contribution in [0, 0.1) is 6.92 Å². The Labute approximate surface area is 108 Å². The summed E-state index contributed by atoms with van der Waals surface area (Å²) in [5.41, 5.74) is 1.91. The lowest BCUT2D eigenvalue weighted by molar-refractivity contribution is 0.132. The number of aromatic nitrogens is 2. The molecule has 0 saturated heterocycles. The smallest absolute Gasteiger partial charge is 0.0860 e. The van der Waals surface area contributed by atoms with Crippen molar-refractivity contribution in [2.45, 2.75) is 33.2 Å². The Morgan fingerprint density at radius 1 is 1.41 bits per heavy atom. The van der Waals surface area contributed by atoms with Gasteiger partial charge < -0.3 is 10.1 Å². The Morgan fingerprint density at radius 2 is 2.18 bits per heavy atom. The molecule has 1 aromatic rings. The van der Waals surface area contributed by atoms with Crippen LogP contribution in [0.4, 0.5) is 0 Å². The third-order valence-corrected chi connectivity index (χ3v) is 3.11. The van der Waals surface area contributed by atoms with Crippen LogP contribution in [0.5, 0.6) is 0 Å². The molecule has 0 amide bonds. The van der Waals surface area contributed by atoms with Gasteiger partial charge in [0, 0.05) is 26.7 Å². The normalized spacial score (nSPS) is 11.1. The number of halogens is 1. The molecule has 5 heteroatoms. The van der Waals surface area contributed by atoms with Crippen LogP contribution in [0.15, 0.2) is 0 Å². The van der Waals surface area contributed by atoms with E-state index in [1.807, 2.05) is 18.7 Å². The molecule has 0 atom stereocenters. The number of hydrogen-bond donors (Lipinski definition) is 1. The molecule has 0 aliphatic heterocycles. The maximum absolute atomic E-state index is 6.14. The molecule has 0 unspecified atom stereocenters. The van der Waals surface area contributed by atoms with Gasteiger partial charge in [-0.2, -0.15) is 5.10 Å². The first-order valence-electron chi connectivity index (χ1n) is 6.13. The fraction of sp³-hybridized carbons (Fsp3) is 0.750. The van der Waals surface area contributed by atoms with Gasteiger partial charge in [0.05, 0.1) is 23.0 Å². The van der Waals surface area contributed by atoms with E-state index in [4.69, 9.17) is 16.3 Å². The minimum atomic E-state index is 0.729. The van der Waals surface area contributed by atoms with Crippen LogP contribution >= 0.6 is 11.6 Å². The molecule has 0 bridgehead atoms.